The predicted molar refractivity (Wildman–Crippen MR) is 57.6 cm³/mol. The van der Waals surface area contributed by atoms with E-state index in [1.165, 1.54) is 0 Å². The number of ether oxygens (including phenoxy) is 1. The van der Waals surface area contributed by atoms with E-state index in [9.17, 15) is 0 Å². The van der Waals surface area contributed by atoms with Crippen molar-refractivity contribution in [2.75, 3.05) is 32.7 Å². The highest BCUT2D eigenvalue weighted by atomic mass is 32.1. The molecule has 1 unspecified atom stereocenters. The Hall–Kier alpha value is -0.650. The third-order valence-electron chi connectivity index (χ3n) is 2.19. The van der Waals surface area contributed by atoms with Crippen LogP contribution in [0.25, 0.3) is 0 Å². The van der Waals surface area contributed by atoms with Gasteiger partial charge in [0.1, 0.15) is 0 Å². The molecule has 2 heterocycles. The highest BCUT2D eigenvalue weighted by Gasteiger charge is 2.20. The lowest BCUT2D eigenvalue weighted by Gasteiger charge is -2.09. The number of hydrogen-bond donors (Lipinski definition) is 1. The summed E-state index contributed by atoms with van der Waals surface area (Å²) in [7, 11) is 3.92. The van der Waals surface area contributed by atoms with Crippen LogP contribution in [0.2, 0.25) is 0 Å². The Labute approximate surface area is 87.9 Å². The first kappa shape index (κ1) is 9.89. The Bertz CT molecular complexity index is 294. The van der Waals surface area contributed by atoms with Gasteiger partial charge in [-0.2, -0.15) is 0 Å². The maximum Gasteiger partial charge on any atom is 0.197 e. The van der Waals surface area contributed by atoms with Gasteiger partial charge in [-0.15, -0.1) is 11.3 Å². The number of nitrogens with one attached hydrogen (secondary N) is 1. The summed E-state index contributed by atoms with van der Waals surface area (Å²) in [6.07, 6.45) is 1.10. The summed E-state index contributed by atoms with van der Waals surface area (Å²) in [4.78, 5) is 4.52. The fourth-order valence-electron chi connectivity index (χ4n) is 1.48. The molecular formula is C9H15N3OS. The lowest BCUT2D eigenvalue weighted by molar-refractivity contribution is 0.193. The summed E-state index contributed by atoms with van der Waals surface area (Å²) in [6.45, 7) is 1.70. The molecule has 0 bridgehead atoms. The molecule has 1 atom stereocenters. The molecule has 0 radical (unpaired) electrons. The van der Waals surface area contributed by atoms with Crippen molar-refractivity contribution in [3.63, 3.8) is 0 Å². The minimum Gasteiger partial charge on any atom is -0.381 e. The van der Waals surface area contributed by atoms with Crippen molar-refractivity contribution in [3.8, 4) is 0 Å². The summed E-state index contributed by atoms with van der Waals surface area (Å²) in [5, 5.41) is 4.97. The molecular weight excluding hydrogens is 198 g/mol. The van der Waals surface area contributed by atoms with Gasteiger partial charge >= 0.3 is 0 Å². The number of rotatable bonds is 3. The van der Waals surface area contributed by atoms with Crippen molar-refractivity contribution >= 4 is 16.5 Å². The van der Waals surface area contributed by atoms with E-state index < -0.39 is 0 Å². The van der Waals surface area contributed by atoms with E-state index in [4.69, 9.17) is 4.74 Å². The van der Waals surface area contributed by atoms with Crippen LogP contribution in [0.5, 0.6) is 0 Å². The van der Waals surface area contributed by atoms with Gasteiger partial charge in [-0.25, -0.2) is 9.99 Å². The first-order valence-corrected chi connectivity index (χ1v) is 5.61. The lowest BCUT2D eigenvalue weighted by Crippen LogP contribution is -2.19. The van der Waals surface area contributed by atoms with Crippen LogP contribution in [0.15, 0.2) is 5.38 Å². The molecule has 0 spiro atoms. The van der Waals surface area contributed by atoms with Gasteiger partial charge in [0, 0.05) is 32.0 Å². The topological polar surface area (TPSA) is 37.4 Å². The van der Waals surface area contributed by atoms with E-state index in [2.05, 4.69) is 15.8 Å². The average Bonchev–Trinajstić information content (AvgIpc) is 2.69. The Morgan fingerprint density at radius 1 is 1.64 bits per heavy atom. The van der Waals surface area contributed by atoms with E-state index in [1.807, 2.05) is 19.1 Å². The Morgan fingerprint density at radius 3 is 3.14 bits per heavy atom. The number of hydrogen-bond acceptors (Lipinski definition) is 5. The molecule has 0 aliphatic carbocycles. The molecule has 1 fully saturated rings. The second-order valence-corrected chi connectivity index (χ2v) is 4.50. The molecule has 14 heavy (non-hydrogen) atoms. The molecule has 1 aliphatic heterocycles. The van der Waals surface area contributed by atoms with Crippen molar-refractivity contribution in [2.24, 2.45) is 0 Å². The maximum absolute atomic E-state index is 5.34. The van der Waals surface area contributed by atoms with Crippen molar-refractivity contribution in [1.82, 2.24) is 9.99 Å². The van der Waals surface area contributed by atoms with E-state index in [0.29, 0.717) is 5.92 Å². The molecule has 78 valence electrons. The zero-order valence-corrected chi connectivity index (χ0v) is 9.30. The third kappa shape index (κ3) is 2.23. The van der Waals surface area contributed by atoms with Gasteiger partial charge in [-0.05, 0) is 6.42 Å². The van der Waals surface area contributed by atoms with Crippen molar-refractivity contribution in [3.05, 3.63) is 11.1 Å². The largest absolute Gasteiger partial charge is 0.381 e. The summed E-state index contributed by atoms with van der Waals surface area (Å²) >= 11 is 1.65. The molecule has 2 rings (SSSR count). The van der Waals surface area contributed by atoms with Crippen LogP contribution in [0.1, 0.15) is 18.0 Å². The Kier molecular flexibility index (Phi) is 3.00. The second kappa shape index (κ2) is 4.25. The van der Waals surface area contributed by atoms with Crippen molar-refractivity contribution in [1.29, 1.82) is 0 Å². The van der Waals surface area contributed by atoms with E-state index in [-0.39, 0.29) is 0 Å². The highest BCUT2D eigenvalue weighted by Crippen LogP contribution is 2.28. The van der Waals surface area contributed by atoms with E-state index in [0.717, 1.165) is 30.5 Å². The number of hydrazine groups is 1. The van der Waals surface area contributed by atoms with Crippen molar-refractivity contribution in [2.45, 2.75) is 12.3 Å². The second-order valence-electron chi connectivity index (χ2n) is 3.64. The number of thiazole rings is 1. The standard InChI is InChI=1S/C9H15N3OS/c1-12(2)11-9-10-8(6-14-9)7-3-4-13-5-7/h6-7H,3-5H2,1-2H3,(H,10,11). The SMILES string of the molecule is CN(C)Nc1nc(C2CCOC2)cs1. The smallest absolute Gasteiger partial charge is 0.197 e. The quantitative estimate of drug-likeness (QED) is 0.773. The van der Waals surface area contributed by atoms with Gasteiger partial charge < -0.3 is 4.74 Å². The van der Waals surface area contributed by atoms with Gasteiger partial charge in [-0.1, -0.05) is 0 Å². The third-order valence-corrected chi connectivity index (χ3v) is 2.95. The molecule has 0 amide bonds. The van der Waals surface area contributed by atoms with Gasteiger partial charge in [0.15, 0.2) is 5.13 Å². The lowest BCUT2D eigenvalue weighted by atomic mass is 10.1. The first-order valence-electron chi connectivity index (χ1n) is 4.73. The molecule has 0 saturated carbocycles. The molecule has 1 N–H and O–H groups in total. The normalized spacial score (nSPS) is 21.8. The summed E-state index contributed by atoms with van der Waals surface area (Å²) in [6, 6.07) is 0. The molecule has 1 aromatic heterocycles. The van der Waals surface area contributed by atoms with Crippen LogP contribution in [-0.2, 0) is 4.74 Å². The predicted octanol–water partition coefficient (Wildman–Crippen LogP) is 1.54. The fourth-order valence-corrected chi connectivity index (χ4v) is 2.36. The average molecular weight is 213 g/mol. The fraction of sp³-hybridized carbons (Fsp3) is 0.667. The van der Waals surface area contributed by atoms with Gasteiger partial charge in [-0.3, -0.25) is 5.43 Å². The molecule has 4 nitrogen and oxygen atoms in total. The summed E-state index contributed by atoms with van der Waals surface area (Å²) < 4.78 is 5.34. The zero-order valence-electron chi connectivity index (χ0n) is 8.49. The van der Waals surface area contributed by atoms with Gasteiger partial charge in [0.05, 0.1) is 12.3 Å². The van der Waals surface area contributed by atoms with Crippen LogP contribution < -0.4 is 5.43 Å². The molecule has 1 aromatic rings. The van der Waals surface area contributed by atoms with Crippen LogP contribution in [0, 0.1) is 0 Å². The van der Waals surface area contributed by atoms with Gasteiger partial charge in [0.2, 0.25) is 0 Å². The highest BCUT2D eigenvalue weighted by molar-refractivity contribution is 7.13. The minimum atomic E-state index is 0.504. The summed E-state index contributed by atoms with van der Waals surface area (Å²) in [5.74, 6) is 0.504. The number of anilines is 1. The van der Waals surface area contributed by atoms with E-state index in [1.54, 1.807) is 11.3 Å². The molecule has 1 aliphatic rings. The molecule has 1 saturated heterocycles. The van der Waals surface area contributed by atoms with Crippen LogP contribution in [-0.4, -0.2) is 37.3 Å². The van der Waals surface area contributed by atoms with Gasteiger partial charge in [0.25, 0.3) is 0 Å². The van der Waals surface area contributed by atoms with Crippen LogP contribution in [0.4, 0.5) is 5.13 Å². The Balaban J connectivity index is 2.01. The number of aromatic nitrogens is 1. The van der Waals surface area contributed by atoms with E-state index >= 15 is 0 Å². The summed E-state index contributed by atoms with van der Waals surface area (Å²) in [5.41, 5.74) is 4.31. The van der Waals surface area contributed by atoms with Crippen LogP contribution >= 0.6 is 11.3 Å². The molecule has 5 heteroatoms. The Morgan fingerprint density at radius 2 is 2.50 bits per heavy atom. The van der Waals surface area contributed by atoms with Crippen molar-refractivity contribution < 1.29 is 4.74 Å². The maximum atomic E-state index is 5.34. The first-order chi connectivity index (χ1) is 6.75. The zero-order chi connectivity index (χ0) is 9.97. The minimum absolute atomic E-state index is 0.504. The number of nitrogens with zero attached hydrogens (tertiary/aromatic N) is 2. The van der Waals surface area contributed by atoms with Crippen LogP contribution in [0.3, 0.4) is 0 Å². The molecule has 0 aromatic carbocycles. The monoisotopic (exact) mass is 213 g/mol.